The molecule has 0 saturated heterocycles. The van der Waals surface area contributed by atoms with E-state index >= 15 is 0 Å². The van der Waals surface area contributed by atoms with E-state index in [9.17, 15) is 4.79 Å². The van der Waals surface area contributed by atoms with Crippen molar-refractivity contribution in [1.82, 2.24) is 9.38 Å². The molecular weight excluding hydrogens is 322 g/mol. The summed E-state index contributed by atoms with van der Waals surface area (Å²) in [5, 5.41) is 3.17. The largest absolute Gasteiger partial charge is 0.326 e. The number of rotatable bonds is 3. The fourth-order valence-electron chi connectivity index (χ4n) is 3.88. The summed E-state index contributed by atoms with van der Waals surface area (Å²) in [5.41, 5.74) is 6.64. The Kier molecular flexibility index (Phi) is 4.27. The molecule has 2 aromatic heterocycles. The maximum atomic E-state index is 12.9. The molecule has 1 amide bonds. The van der Waals surface area contributed by atoms with E-state index in [1.54, 1.807) is 0 Å². The van der Waals surface area contributed by atoms with Crippen LogP contribution < -0.4 is 5.32 Å². The summed E-state index contributed by atoms with van der Waals surface area (Å²) in [5.74, 6) is 0.487. The van der Waals surface area contributed by atoms with Gasteiger partial charge in [-0.05, 0) is 55.0 Å². The number of amides is 1. The van der Waals surface area contributed by atoms with Gasteiger partial charge in [0.1, 0.15) is 5.65 Å². The number of fused-ring (bicyclic) bond motifs is 3. The predicted octanol–water partition coefficient (Wildman–Crippen LogP) is 4.51. The van der Waals surface area contributed by atoms with Crippen LogP contribution in [-0.2, 0) is 17.6 Å². The van der Waals surface area contributed by atoms with E-state index in [1.807, 2.05) is 18.2 Å². The van der Waals surface area contributed by atoms with E-state index in [4.69, 9.17) is 4.98 Å². The van der Waals surface area contributed by atoms with Gasteiger partial charge in [-0.3, -0.25) is 4.79 Å². The summed E-state index contributed by atoms with van der Waals surface area (Å²) in [7, 11) is 0. The van der Waals surface area contributed by atoms with Crippen LogP contribution in [0.15, 0.2) is 42.6 Å². The van der Waals surface area contributed by atoms with Crippen LogP contribution in [0.5, 0.6) is 0 Å². The standard InChI is InChI=1S/C22H25N3O/c1-14(2)17-6-4-5-7-18(17)24-22(26)16-8-9-19-20(13-16)25-11-10-15(3)12-21(25)23-19/h4-7,10-12,14,16H,8-9,13H2,1-3H3,(H,24,26). The Bertz CT molecular complexity index is 971. The first-order valence-electron chi connectivity index (χ1n) is 9.39. The molecule has 4 rings (SSSR count). The number of para-hydroxylation sites is 1. The minimum atomic E-state index is -0.0103. The number of hydrogen-bond donors (Lipinski definition) is 1. The molecule has 0 saturated carbocycles. The molecule has 26 heavy (non-hydrogen) atoms. The number of anilines is 1. The third kappa shape index (κ3) is 3.00. The van der Waals surface area contributed by atoms with Crippen LogP contribution in [0.25, 0.3) is 5.65 Å². The monoisotopic (exact) mass is 347 g/mol. The summed E-state index contributed by atoms with van der Waals surface area (Å²) >= 11 is 0. The van der Waals surface area contributed by atoms with Gasteiger partial charge in [-0.15, -0.1) is 0 Å². The van der Waals surface area contributed by atoms with Crippen LogP contribution in [-0.4, -0.2) is 15.3 Å². The van der Waals surface area contributed by atoms with Crippen molar-refractivity contribution in [1.29, 1.82) is 0 Å². The predicted molar refractivity (Wildman–Crippen MR) is 105 cm³/mol. The lowest BCUT2D eigenvalue weighted by Crippen LogP contribution is -2.29. The lowest BCUT2D eigenvalue weighted by molar-refractivity contribution is -0.120. The number of carbonyl (C=O) groups excluding carboxylic acids is 1. The smallest absolute Gasteiger partial charge is 0.227 e. The Balaban J connectivity index is 1.57. The maximum absolute atomic E-state index is 12.9. The van der Waals surface area contributed by atoms with Crippen LogP contribution in [0, 0.1) is 12.8 Å². The molecular formula is C22H25N3O. The van der Waals surface area contributed by atoms with Gasteiger partial charge in [-0.1, -0.05) is 32.0 Å². The first kappa shape index (κ1) is 16.8. The Morgan fingerprint density at radius 1 is 1.27 bits per heavy atom. The molecule has 134 valence electrons. The summed E-state index contributed by atoms with van der Waals surface area (Å²) in [6.45, 7) is 6.38. The van der Waals surface area contributed by atoms with Crippen molar-refractivity contribution in [3.63, 3.8) is 0 Å². The summed E-state index contributed by atoms with van der Waals surface area (Å²) in [4.78, 5) is 17.7. The quantitative estimate of drug-likeness (QED) is 0.758. The molecule has 0 bridgehead atoms. The highest BCUT2D eigenvalue weighted by Gasteiger charge is 2.28. The molecule has 1 aliphatic rings. The second-order valence-electron chi connectivity index (χ2n) is 7.61. The van der Waals surface area contributed by atoms with Gasteiger partial charge in [0.05, 0.1) is 5.69 Å². The fraction of sp³-hybridized carbons (Fsp3) is 0.364. The van der Waals surface area contributed by atoms with Gasteiger partial charge in [0.15, 0.2) is 0 Å². The van der Waals surface area contributed by atoms with Gasteiger partial charge in [0.25, 0.3) is 0 Å². The molecule has 4 heteroatoms. The molecule has 1 aliphatic carbocycles. The normalized spacial score (nSPS) is 16.7. The van der Waals surface area contributed by atoms with E-state index in [-0.39, 0.29) is 11.8 Å². The minimum Gasteiger partial charge on any atom is -0.326 e. The zero-order valence-corrected chi connectivity index (χ0v) is 15.6. The SMILES string of the molecule is Cc1ccn2c3c(nc2c1)CCC(C(=O)Nc1ccccc1C(C)C)C3. The number of pyridine rings is 1. The van der Waals surface area contributed by atoms with Crippen molar-refractivity contribution in [3.8, 4) is 0 Å². The second kappa shape index (κ2) is 6.60. The van der Waals surface area contributed by atoms with Crippen LogP contribution in [0.3, 0.4) is 0 Å². The maximum Gasteiger partial charge on any atom is 0.227 e. The highest BCUT2D eigenvalue weighted by molar-refractivity contribution is 5.93. The van der Waals surface area contributed by atoms with E-state index < -0.39 is 0 Å². The molecule has 0 aliphatic heterocycles. The lowest BCUT2D eigenvalue weighted by Gasteiger charge is -2.22. The summed E-state index contributed by atoms with van der Waals surface area (Å²) in [6.07, 6.45) is 4.53. The number of aryl methyl sites for hydroxylation is 2. The second-order valence-corrected chi connectivity index (χ2v) is 7.61. The Morgan fingerprint density at radius 2 is 2.08 bits per heavy atom. The van der Waals surface area contributed by atoms with E-state index in [0.29, 0.717) is 5.92 Å². The number of carbonyl (C=O) groups is 1. The topological polar surface area (TPSA) is 46.4 Å². The van der Waals surface area contributed by atoms with Crippen molar-refractivity contribution in [2.24, 2.45) is 5.92 Å². The molecule has 1 aromatic carbocycles. The number of benzene rings is 1. The molecule has 2 heterocycles. The summed E-state index contributed by atoms with van der Waals surface area (Å²) < 4.78 is 2.14. The molecule has 1 atom stereocenters. The van der Waals surface area contributed by atoms with Gasteiger partial charge in [-0.25, -0.2) is 4.98 Å². The van der Waals surface area contributed by atoms with Crippen LogP contribution in [0.1, 0.15) is 48.7 Å². The van der Waals surface area contributed by atoms with Crippen molar-refractivity contribution < 1.29 is 4.79 Å². The summed E-state index contributed by atoms with van der Waals surface area (Å²) in [6, 6.07) is 12.3. The number of nitrogens with one attached hydrogen (secondary N) is 1. The third-order valence-electron chi connectivity index (χ3n) is 5.34. The number of aromatic nitrogens is 2. The molecule has 0 radical (unpaired) electrons. The van der Waals surface area contributed by atoms with Gasteiger partial charge >= 0.3 is 0 Å². The molecule has 1 N–H and O–H groups in total. The van der Waals surface area contributed by atoms with E-state index in [2.05, 4.69) is 54.9 Å². The Labute approximate surface area is 154 Å². The Morgan fingerprint density at radius 3 is 2.88 bits per heavy atom. The zero-order valence-electron chi connectivity index (χ0n) is 15.6. The molecule has 0 spiro atoms. The van der Waals surface area contributed by atoms with Gasteiger partial charge in [-0.2, -0.15) is 0 Å². The first-order valence-corrected chi connectivity index (χ1v) is 9.39. The highest BCUT2D eigenvalue weighted by atomic mass is 16.1. The third-order valence-corrected chi connectivity index (χ3v) is 5.34. The van der Waals surface area contributed by atoms with Crippen molar-refractivity contribution >= 4 is 17.2 Å². The van der Waals surface area contributed by atoms with Crippen molar-refractivity contribution in [2.75, 3.05) is 5.32 Å². The van der Waals surface area contributed by atoms with Crippen molar-refractivity contribution in [3.05, 3.63) is 65.1 Å². The van der Waals surface area contributed by atoms with Gasteiger partial charge in [0, 0.05) is 29.9 Å². The average molecular weight is 347 g/mol. The van der Waals surface area contributed by atoms with Gasteiger partial charge < -0.3 is 9.72 Å². The van der Waals surface area contributed by atoms with E-state index in [0.717, 1.165) is 36.3 Å². The van der Waals surface area contributed by atoms with Crippen LogP contribution in [0.4, 0.5) is 5.69 Å². The molecule has 4 nitrogen and oxygen atoms in total. The minimum absolute atomic E-state index is 0.0103. The van der Waals surface area contributed by atoms with E-state index in [1.165, 1.54) is 16.8 Å². The zero-order chi connectivity index (χ0) is 18.3. The number of hydrogen-bond acceptors (Lipinski definition) is 2. The first-order chi connectivity index (χ1) is 12.5. The van der Waals surface area contributed by atoms with Gasteiger partial charge in [0.2, 0.25) is 5.91 Å². The number of nitrogens with zero attached hydrogens (tertiary/aromatic N) is 2. The van der Waals surface area contributed by atoms with Crippen molar-refractivity contribution in [2.45, 2.75) is 46.0 Å². The Hall–Kier alpha value is -2.62. The lowest BCUT2D eigenvalue weighted by atomic mass is 9.88. The van der Waals surface area contributed by atoms with Crippen LogP contribution >= 0.6 is 0 Å². The molecule has 1 unspecified atom stereocenters. The molecule has 0 fully saturated rings. The average Bonchev–Trinajstić information content (AvgIpc) is 2.98. The highest BCUT2D eigenvalue weighted by Crippen LogP contribution is 2.29. The molecule has 3 aromatic rings. The van der Waals surface area contributed by atoms with Crippen LogP contribution in [0.2, 0.25) is 0 Å². The fourth-order valence-corrected chi connectivity index (χ4v) is 3.88. The number of imidazole rings is 1.